The number of halogens is 3. The first-order chi connectivity index (χ1) is 13.0. The molecule has 10 heteroatoms. The molecule has 0 aliphatic heterocycles. The normalized spacial score (nSPS) is 19.2. The van der Waals surface area contributed by atoms with Crippen molar-refractivity contribution in [3.63, 3.8) is 0 Å². The molecular weight excluding hydrogens is 397 g/mol. The fourth-order valence-electron chi connectivity index (χ4n) is 3.12. The molecule has 0 saturated heterocycles. The van der Waals surface area contributed by atoms with Crippen molar-refractivity contribution in [1.82, 2.24) is 0 Å². The number of alkyl halides is 3. The second kappa shape index (κ2) is 7.10. The third-order valence-corrected chi connectivity index (χ3v) is 5.46. The summed E-state index contributed by atoms with van der Waals surface area (Å²) >= 11 is 0. The van der Waals surface area contributed by atoms with Gasteiger partial charge in [-0.25, -0.2) is 13.6 Å². The van der Waals surface area contributed by atoms with Crippen molar-refractivity contribution in [3.05, 3.63) is 53.6 Å². The number of primary sulfonamides is 1. The summed E-state index contributed by atoms with van der Waals surface area (Å²) in [4.78, 5) is 12.1. The number of amides is 1. The average molecular weight is 414 g/mol. The van der Waals surface area contributed by atoms with Crippen LogP contribution < -0.4 is 15.2 Å². The predicted molar refractivity (Wildman–Crippen MR) is 95.3 cm³/mol. The highest BCUT2D eigenvalue weighted by atomic mass is 32.2. The number of hydrogen-bond donors (Lipinski definition) is 2. The van der Waals surface area contributed by atoms with Crippen molar-refractivity contribution in [1.29, 1.82) is 0 Å². The molecule has 6 nitrogen and oxygen atoms in total. The Morgan fingerprint density at radius 2 is 1.89 bits per heavy atom. The van der Waals surface area contributed by atoms with Crippen molar-refractivity contribution < 1.29 is 31.1 Å². The number of hydrogen-bond acceptors (Lipinski definition) is 4. The standard InChI is InChI=1S/C18H17F3N2O4S/c1-27-15-7-6-10(8-16(15)28(22,25)26)23-17(24)13-9-12(13)11-4-2-3-5-14(11)18(19,20)21/h2-8,12-13H,9H2,1H3,(H,23,24)(H2,22,25,26). The van der Waals surface area contributed by atoms with Crippen LogP contribution in [0.15, 0.2) is 47.4 Å². The molecule has 28 heavy (non-hydrogen) atoms. The summed E-state index contributed by atoms with van der Waals surface area (Å²) in [7, 11) is -2.81. The van der Waals surface area contributed by atoms with E-state index < -0.39 is 39.5 Å². The minimum atomic E-state index is -4.50. The van der Waals surface area contributed by atoms with Crippen molar-refractivity contribution >= 4 is 21.6 Å². The smallest absolute Gasteiger partial charge is 0.416 e. The van der Waals surface area contributed by atoms with Crippen molar-refractivity contribution in [3.8, 4) is 5.75 Å². The third kappa shape index (κ3) is 4.12. The Hall–Kier alpha value is -2.59. The van der Waals surface area contributed by atoms with Crippen LogP contribution in [-0.4, -0.2) is 21.4 Å². The van der Waals surface area contributed by atoms with Crippen molar-refractivity contribution in [2.24, 2.45) is 11.1 Å². The van der Waals surface area contributed by atoms with E-state index in [-0.39, 0.29) is 28.3 Å². The van der Waals surface area contributed by atoms with Gasteiger partial charge >= 0.3 is 6.18 Å². The van der Waals surface area contributed by atoms with Crippen LogP contribution in [-0.2, 0) is 21.0 Å². The van der Waals surface area contributed by atoms with Gasteiger partial charge in [-0.3, -0.25) is 4.79 Å². The van der Waals surface area contributed by atoms with Gasteiger partial charge < -0.3 is 10.1 Å². The topological polar surface area (TPSA) is 98.5 Å². The maximum Gasteiger partial charge on any atom is 0.416 e. The molecule has 0 bridgehead atoms. The third-order valence-electron chi connectivity index (χ3n) is 4.53. The molecule has 2 aromatic carbocycles. The van der Waals surface area contributed by atoms with Gasteiger partial charge in [-0.15, -0.1) is 0 Å². The number of nitrogens with two attached hydrogens (primary N) is 1. The molecule has 1 saturated carbocycles. The van der Waals surface area contributed by atoms with E-state index in [0.29, 0.717) is 0 Å². The molecule has 3 rings (SSSR count). The highest BCUT2D eigenvalue weighted by molar-refractivity contribution is 7.89. The number of anilines is 1. The summed E-state index contributed by atoms with van der Waals surface area (Å²) in [5.41, 5.74) is -0.518. The van der Waals surface area contributed by atoms with E-state index in [1.807, 2.05) is 0 Å². The Kier molecular flexibility index (Phi) is 5.11. The van der Waals surface area contributed by atoms with E-state index >= 15 is 0 Å². The first kappa shape index (κ1) is 20.2. The molecule has 2 atom stereocenters. The largest absolute Gasteiger partial charge is 0.495 e. The molecule has 3 N–H and O–H groups in total. The van der Waals surface area contributed by atoms with Crippen LogP contribution in [0.1, 0.15) is 23.5 Å². The van der Waals surface area contributed by atoms with Gasteiger partial charge in [0.2, 0.25) is 15.9 Å². The van der Waals surface area contributed by atoms with Crippen molar-refractivity contribution in [2.75, 3.05) is 12.4 Å². The summed E-state index contributed by atoms with van der Waals surface area (Å²) in [6.07, 6.45) is -4.22. The Balaban J connectivity index is 1.78. The zero-order valence-corrected chi connectivity index (χ0v) is 15.5. The SMILES string of the molecule is COc1ccc(NC(=O)C2CC2c2ccccc2C(F)(F)F)cc1S(N)(=O)=O. The van der Waals surface area contributed by atoms with Gasteiger partial charge in [-0.1, -0.05) is 18.2 Å². The summed E-state index contributed by atoms with van der Waals surface area (Å²) in [5.74, 6) is -1.66. The Morgan fingerprint density at radius 1 is 1.21 bits per heavy atom. The van der Waals surface area contributed by atoms with Crippen LogP contribution in [0.4, 0.5) is 18.9 Å². The number of ether oxygens (including phenoxy) is 1. The molecule has 1 fully saturated rings. The van der Waals surface area contributed by atoms with Gasteiger partial charge in [0.15, 0.2) is 0 Å². The summed E-state index contributed by atoms with van der Waals surface area (Å²) in [6.45, 7) is 0. The van der Waals surface area contributed by atoms with Gasteiger partial charge in [0.1, 0.15) is 10.6 Å². The van der Waals surface area contributed by atoms with E-state index in [0.717, 1.165) is 12.1 Å². The molecule has 1 amide bonds. The highest BCUT2D eigenvalue weighted by Gasteiger charge is 2.47. The molecule has 0 heterocycles. The van der Waals surface area contributed by atoms with E-state index in [1.54, 1.807) is 0 Å². The monoisotopic (exact) mass is 414 g/mol. The van der Waals surface area contributed by atoms with Crippen LogP contribution >= 0.6 is 0 Å². The summed E-state index contributed by atoms with van der Waals surface area (Å²) in [6, 6.07) is 9.06. The molecule has 0 aromatic heterocycles. The van der Waals surface area contributed by atoms with E-state index in [4.69, 9.17) is 9.88 Å². The predicted octanol–water partition coefficient (Wildman–Crippen LogP) is 3.10. The molecule has 0 spiro atoms. The number of sulfonamides is 1. The molecule has 1 aliphatic carbocycles. The van der Waals surface area contributed by atoms with Gasteiger partial charge in [0.25, 0.3) is 0 Å². The molecule has 1 aliphatic rings. The summed E-state index contributed by atoms with van der Waals surface area (Å²) in [5, 5.41) is 7.66. The second-order valence-electron chi connectivity index (χ2n) is 6.43. The van der Waals surface area contributed by atoms with Gasteiger partial charge in [-0.05, 0) is 42.2 Å². The molecule has 2 aromatic rings. The Bertz CT molecular complexity index is 1020. The minimum Gasteiger partial charge on any atom is -0.495 e. The molecule has 2 unspecified atom stereocenters. The van der Waals surface area contributed by atoms with E-state index in [2.05, 4.69) is 5.32 Å². The fraction of sp³-hybridized carbons (Fsp3) is 0.278. The lowest BCUT2D eigenvalue weighted by Gasteiger charge is -2.13. The number of carbonyl (C=O) groups excluding carboxylic acids is 1. The van der Waals surface area contributed by atoms with Gasteiger partial charge in [0.05, 0.1) is 12.7 Å². The van der Waals surface area contributed by atoms with E-state index in [1.165, 1.54) is 37.4 Å². The van der Waals surface area contributed by atoms with Crippen LogP contribution in [0.3, 0.4) is 0 Å². The van der Waals surface area contributed by atoms with Crippen LogP contribution in [0.2, 0.25) is 0 Å². The maximum absolute atomic E-state index is 13.2. The zero-order chi connectivity index (χ0) is 20.7. The van der Waals surface area contributed by atoms with Crippen LogP contribution in [0.25, 0.3) is 0 Å². The number of nitrogens with one attached hydrogen (secondary N) is 1. The molecule has 150 valence electrons. The van der Waals surface area contributed by atoms with Crippen LogP contribution in [0, 0.1) is 5.92 Å². The lowest BCUT2D eigenvalue weighted by atomic mass is 10.0. The lowest BCUT2D eigenvalue weighted by molar-refractivity contribution is -0.138. The Morgan fingerprint density at radius 3 is 2.50 bits per heavy atom. The number of benzene rings is 2. The van der Waals surface area contributed by atoms with Crippen LogP contribution in [0.5, 0.6) is 5.75 Å². The molecule has 0 radical (unpaired) electrons. The number of rotatable bonds is 5. The number of carbonyl (C=O) groups is 1. The average Bonchev–Trinajstić information content (AvgIpc) is 3.41. The van der Waals surface area contributed by atoms with Gasteiger partial charge in [-0.2, -0.15) is 13.2 Å². The van der Waals surface area contributed by atoms with E-state index in [9.17, 15) is 26.4 Å². The minimum absolute atomic E-state index is 0.0175. The van der Waals surface area contributed by atoms with Crippen molar-refractivity contribution in [2.45, 2.75) is 23.4 Å². The highest BCUT2D eigenvalue weighted by Crippen LogP contribution is 2.51. The summed E-state index contributed by atoms with van der Waals surface area (Å²) < 4.78 is 67.7. The Labute approximate surface area is 159 Å². The number of methoxy groups -OCH3 is 1. The molecular formula is C18H17F3N2O4S. The fourth-order valence-corrected chi connectivity index (χ4v) is 3.84. The first-order valence-corrected chi connectivity index (χ1v) is 9.75. The maximum atomic E-state index is 13.2. The quantitative estimate of drug-likeness (QED) is 0.785. The lowest BCUT2D eigenvalue weighted by Crippen LogP contribution is -2.17. The second-order valence-corrected chi connectivity index (χ2v) is 7.96. The van der Waals surface area contributed by atoms with Gasteiger partial charge in [0, 0.05) is 11.6 Å². The zero-order valence-electron chi connectivity index (χ0n) is 14.7. The first-order valence-electron chi connectivity index (χ1n) is 8.20.